The molecule has 0 aliphatic heterocycles. The number of pyridine rings is 1. The van der Waals surface area contributed by atoms with Crippen molar-refractivity contribution in [3.63, 3.8) is 0 Å². The summed E-state index contributed by atoms with van der Waals surface area (Å²) in [5, 5.41) is 2.93. The molecule has 30 heavy (non-hydrogen) atoms. The molecule has 1 aliphatic carbocycles. The third-order valence-electron chi connectivity index (χ3n) is 5.32. The highest BCUT2D eigenvalue weighted by Gasteiger charge is 2.26. The van der Waals surface area contributed by atoms with Crippen molar-refractivity contribution in [2.24, 2.45) is 0 Å². The van der Waals surface area contributed by atoms with Crippen LogP contribution >= 0.6 is 0 Å². The molecular formula is C26H18N2O2. The van der Waals surface area contributed by atoms with Crippen molar-refractivity contribution >= 4 is 17.4 Å². The molecule has 144 valence electrons. The zero-order valence-corrected chi connectivity index (χ0v) is 16.1. The lowest BCUT2D eigenvalue weighted by Gasteiger charge is -2.08. The highest BCUT2D eigenvalue weighted by Crippen LogP contribution is 2.36. The zero-order chi connectivity index (χ0) is 20.5. The fourth-order valence-corrected chi connectivity index (χ4v) is 3.86. The third-order valence-corrected chi connectivity index (χ3v) is 5.32. The standard InChI is InChI=1S/C26H18N2O2/c29-25(28-20-10-8-18(9-11-20)19-4-3-13-27-16-19)15-17-7-12-22-21-5-1-2-6-23(21)26(30)24(22)14-17/h1-14,16H,15H2,(H,28,29). The normalized spacial score (nSPS) is 11.7. The van der Waals surface area contributed by atoms with Gasteiger partial charge in [-0.2, -0.15) is 0 Å². The molecule has 1 N–H and O–H groups in total. The number of ketones is 1. The van der Waals surface area contributed by atoms with E-state index in [1.54, 1.807) is 12.4 Å². The molecule has 0 saturated carbocycles. The van der Waals surface area contributed by atoms with Gasteiger partial charge in [-0.1, -0.05) is 54.6 Å². The summed E-state index contributed by atoms with van der Waals surface area (Å²) in [5.74, 6) is -0.0964. The number of aromatic nitrogens is 1. The number of amides is 1. The van der Waals surface area contributed by atoms with E-state index in [4.69, 9.17) is 0 Å². The average Bonchev–Trinajstić information content (AvgIpc) is 3.07. The number of anilines is 1. The lowest BCUT2D eigenvalue weighted by atomic mass is 10.0. The molecule has 1 aromatic heterocycles. The summed E-state index contributed by atoms with van der Waals surface area (Å²) < 4.78 is 0. The van der Waals surface area contributed by atoms with Crippen LogP contribution in [0.15, 0.2) is 91.3 Å². The Labute approximate surface area is 174 Å². The first kappa shape index (κ1) is 18.0. The molecule has 0 atom stereocenters. The maximum absolute atomic E-state index is 12.7. The van der Waals surface area contributed by atoms with Gasteiger partial charge in [-0.3, -0.25) is 14.6 Å². The molecule has 1 aliphatic rings. The van der Waals surface area contributed by atoms with E-state index in [1.165, 1.54) is 0 Å². The third kappa shape index (κ3) is 3.29. The molecule has 0 unspecified atom stereocenters. The molecular weight excluding hydrogens is 372 g/mol. The van der Waals surface area contributed by atoms with Gasteiger partial charge < -0.3 is 5.32 Å². The van der Waals surface area contributed by atoms with E-state index in [0.717, 1.165) is 39.1 Å². The molecule has 4 heteroatoms. The monoisotopic (exact) mass is 390 g/mol. The fraction of sp³-hybridized carbons (Fsp3) is 0.0385. The van der Waals surface area contributed by atoms with E-state index >= 15 is 0 Å². The molecule has 1 amide bonds. The summed E-state index contributed by atoms with van der Waals surface area (Å²) in [6.45, 7) is 0. The molecule has 0 spiro atoms. The summed E-state index contributed by atoms with van der Waals surface area (Å²) >= 11 is 0. The number of fused-ring (bicyclic) bond motifs is 3. The minimum atomic E-state index is -0.118. The van der Waals surface area contributed by atoms with Crippen LogP contribution in [0.2, 0.25) is 0 Å². The molecule has 0 fully saturated rings. The first-order valence-electron chi connectivity index (χ1n) is 9.76. The van der Waals surface area contributed by atoms with E-state index in [-0.39, 0.29) is 18.1 Å². The van der Waals surface area contributed by atoms with Crippen molar-refractivity contribution in [3.8, 4) is 22.3 Å². The van der Waals surface area contributed by atoms with Crippen LogP contribution in [-0.2, 0) is 11.2 Å². The van der Waals surface area contributed by atoms with Gasteiger partial charge in [0, 0.05) is 29.2 Å². The van der Waals surface area contributed by atoms with Crippen molar-refractivity contribution in [2.75, 3.05) is 5.32 Å². The van der Waals surface area contributed by atoms with Crippen molar-refractivity contribution < 1.29 is 9.59 Å². The SMILES string of the molecule is O=C(Cc1ccc2c(c1)C(=O)c1ccccc1-2)Nc1ccc(-c2cccnc2)cc1. The van der Waals surface area contributed by atoms with Gasteiger partial charge in [0.25, 0.3) is 0 Å². The summed E-state index contributed by atoms with van der Waals surface area (Å²) in [6.07, 6.45) is 3.76. The van der Waals surface area contributed by atoms with Gasteiger partial charge in [0.05, 0.1) is 6.42 Å². The number of carbonyl (C=O) groups excluding carboxylic acids is 2. The van der Waals surface area contributed by atoms with E-state index < -0.39 is 0 Å². The predicted octanol–water partition coefficient (Wildman–Crippen LogP) is 5.14. The smallest absolute Gasteiger partial charge is 0.228 e. The van der Waals surface area contributed by atoms with Gasteiger partial charge in [0.15, 0.2) is 5.78 Å². The molecule has 0 bridgehead atoms. The van der Waals surface area contributed by atoms with Gasteiger partial charge in [0.2, 0.25) is 5.91 Å². The Bertz CT molecular complexity index is 1260. The molecule has 5 rings (SSSR count). The topological polar surface area (TPSA) is 59.1 Å². The second-order valence-corrected chi connectivity index (χ2v) is 7.30. The van der Waals surface area contributed by atoms with Crippen LogP contribution in [0.4, 0.5) is 5.69 Å². The first-order chi connectivity index (χ1) is 14.7. The number of hydrogen-bond acceptors (Lipinski definition) is 3. The first-order valence-corrected chi connectivity index (χ1v) is 9.76. The Morgan fingerprint density at radius 1 is 0.767 bits per heavy atom. The van der Waals surface area contributed by atoms with Crippen molar-refractivity contribution in [3.05, 3.63) is 108 Å². The van der Waals surface area contributed by atoms with Gasteiger partial charge in [0.1, 0.15) is 0 Å². The van der Waals surface area contributed by atoms with Crippen LogP contribution in [0.5, 0.6) is 0 Å². The quantitative estimate of drug-likeness (QED) is 0.462. The van der Waals surface area contributed by atoms with Crippen molar-refractivity contribution in [1.29, 1.82) is 0 Å². The molecule has 0 saturated heterocycles. The Morgan fingerprint density at radius 2 is 1.53 bits per heavy atom. The molecule has 0 radical (unpaired) electrons. The number of nitrogens with zero attached hydrogens (tertiary/aromatic N) is 1. The minimum Gasteiger partial charge on any atom is -0.326 e. The van der Waals surface area contributed by atoms with E-state index in [0.29, 0.717) is 5.56 Å². The number of carbonyl (C=O) groups is 2. The highest BCUT2D eigenvalue weighted by molar-refractivity contribution is 6.21. The molecule has 4 aromatic rings. The fourth-order valence-electron chi connectivity index (χ4n) is 3.86. The Kier molecular flexibility index (Phi) is 4.45. The Balaban J connectivity index is 1.29. The summed E-state index contributed by atoms with van der Waals surface area (Å²) in [4.78, 5) is 29.3. The minimum absolute atomic E-state index is 0.0221. The number of benzene rings is 3. The zero-order valence-electron chi connectivity index (χ0n) is 16.1. The van der Waals surface area contributed by atoms with Gasteiger partial charge in [-0.05, 0) is 52.1 Å². The van der Waals surface area contributed by atoms with Crippen LogP contribution < -0.4 is 5.32 Å². The summed E-state index contributed by atoms with van der Waals surface area (Å²) in [7, 11) is 0. The highest BCUT2D eigenvalue weighted by atomic mass is 16.1. The average molecular weight is 390 g/mol. The maximum atomic E-state index is 12.7. The van der Waals surface area contributed by atoms with Crippen LogP contribution in [0.3, 0.4) is 0 Å². The number of nitrogens with one attached hydrogen (secondary N) is 1. The Hall–Kier alpha value is -4.05. The predicted molar refractivity (Wildman–Crippen MR) is 117 cm³/mol. The molecule has 1 heterocycles. The second kappa shape index (κ2) is 7.41. The maximum Gasteiger partial charge on any atom is 0.228 e. The van der Waals surface area contributed by atoms with Gasteiger partial charge >= 0.3 is 0 Å². The van der Waals surface area contributed by atoms with Crippen molar-refractivity contribution in [1.82, 2.24) is 4.98 Å². The van der Waals surface area contributed by atoms with E-state index in [1.807, 2.05) is 78.9 Å². The van der Waals surface area contributed by atoms with Gasteiger partial charge in [-0.25, -0.2) is 0 Å². The Morgan fingerprint density at radius 3 is 2.30 bits per heavy atom. The molecule has 3 aromatic carbocycles. The lowest BCUT2D eigenvalue weighted by molar-refractivity contribution is -0.115. The van der Waals surface area contributed by atoms with Crippen LogP contribution in [0, 0.1) is 0 Å². The van der Waals surface area contributed by atoms with Crippen LogP contribution in [0.25, 0.3) is 22.3 Å². The summed E-state index contributed by atoms with van der Waals surface area (Å²) in [5.41, 5.74) is 6.91. The number of rotatable bonds is 4. The van der Waals surface area contributed by atoms with Gasteiger partial charge in [-0.15, -0.1) is 0 Å². The van der Waals surface area contributed by atoms with E-state index in [9.17, 15) is 9.59 Å². The number of hydrogen-bond donors (Lipinski definition) is 1. The van der Waals surface area contributed by atoms with Crippen LogP contribution in [0.1, 0.15) is 21.5 Å². The molecule has 4 nitrogen and oxygen atoms in total. The largest absolute Gasteiger partial charge is 0.326 e. The van der Waals surface area contributed by atoms with E-state index in [2.05, 4.69) is 10.3 Å². The lowest BCUT2D eigenvalue weighted by Crippen LogP contribution is -2.14. The second-order valence-electron chi connectivity index (χ2n) is 7.30. The van der Waals surface area contributed by atoms with Crippen molar-refractivity contribution in [2.45, 2.75) is 6.42 Å². The van der Waals surface area contributed by atoms with Crippen LogP contribution in [-0.4, -0.2) is 16.7 Å². The summed E-state index contributed by atoms with van der Waals surface area (Å²) in [6, 6.07) is 24.9.